The molecule has 1 fully saturated rings. The van der Waals surface area contributed by atoms with E-state index in [-0.39, 0.29) is 6.04 Å². The Balaban J connectivity index is 1.66. The molecule has 0 spiro atoms. The Bertz CT molecular complexity index is 690. The molecule has 0 aromatic carbocycles. The first-order valence-electron chi connectivity index (χ1n) is 6.87. The highest BCUT2D eigenvalue weighted by atomic mass is 32.2. The summed E-state index contributed by atoms with van der Waals surface area (Å²) in [6.07, 6.45) is 5.72. The molecule has 1 atom stereocenters. The molecular formula is C13H18N4O2S2. The van der Waals surface area contributed by atoms with Crippen LogP contribution >= 0.6 is 11.3 Å². The lowest BCUT2D eigenvalue weighted by Crippen LogP contribution is -2.27. The number of H-pyrrole nitrogens is 1. The molecule has 0 bridgehead atoms. The van der Waals surface area contributed by atoms with Crippen LogP contribution in [-0.2, 0) is 16.6 Å². The van der Waals surface area contributed by atoms with Gasteiger partial charge in [0.15, 0.2) is 0 Å². The van der Waals surface area contributed by atoms with E-state index in [4.69, 9.17) is 0 Å². The highest BCUT2D eigenvalue weighted by Gasteiger charge is 2.23. The van der Waals surface area contributed by atoms with E-state index in [0.717, 1.165) is 12.1 Å². The fourth-order valence-corrected chi connectivity index (χ4v) is 4.43. The summed E-state index contributed by atoms with van der Waals surface area (Å²) in [7, 11) is -3.51. The quantitative estimate of drug-likeness (QED) is 0.723. The highest BCUT2D eigenvalue weighted by Crippen LogP contribution is 2.24. The molecule has 1 saturated carbocycles. The number of thiophene rings is 1. The highest BCUT2D eigenvalue weighted by molar-refractivity contribution is 7.91. The number of rotatable bonds is 7. The van der Waals surface area contributed by atoms with Crippen molar-refractivity contribution in [3.63, 3.8) is 0 Å². The normalized spacial score (nSPS) is 17.0. The van der Waals surface area contributed by atoms with Gasteiger partial charge in [0, 0.05) is 25.0 Å². The maximum Gasteiger partial charge on any atom is 0.250 e. The van der Waals surface area contributed by atoms with Crippen LogP contribution in [0, 0.1) is 0 Å². The van der Waals surface area contributed by atoms with Gasteiger partial charge in [0.1, 0.15) is 10.0 Å². The van der Waals surface area contributed by atoms with Gasteiger partial charge in [-0.05, 0) is 36.8 Å². The second-order valence-electron chi connectivity index (χ2n) is 5.25. The lowest BCUT2D eigenvalue weighted by molar-refractivity contribution is 0.563. The average molecular weight is 326 g/mol. The minimum Gasteiger partial charge on any atom is -0.347 e. The summed E-state index contributed by atoms with van der Waals surface area (Å²) in [5, 5.41) is 5.27. The van der Waals surface area contributed by atoms with Crippen molar-refractivity contribution in [3.8, 4) is 0 Å². The Morgan fingerprint density at radius 3 is 3.00 bits per heavy atom. The van der Waals surface area contributed by atoms with Crippen molar-refractivity contribution in [1.82, 2.24) is 20.0 Å². The van der Waals surface area contributed by atoms with Gasteiger partial charge in [-0.1, -0.05) is 0 Å². The van der Waals surface area contributed by atoms with Gasteiger partial charge < -0.3 is 10.3 Å². The summed E-state index contributed by atoms with van der Waals surface area (Å²) in [5.74, 6) is 0.603. The van der Waals surface area contributed by atoms with Crippen LogP contribution in [0.2, 0.25) is 0 Å². The van der Waals surface area contributed by atoms with E-state index in [1.165, 1.54) is 24.2 Å². The van der Waals surface area contributed by atoms with Crippen molar-refractivity contribution >= 4 is 21.4 Å². The maximum absolute atomic E-state index is 12.3. The molecule has 1 aliphatic rings. The van der Waals surface area contributed by atoms with Crippen molar-refractivity contribution in [2.24, 2.45) is 0 Å². The van der Waals surface area contributed by atoms with E-state index in [1.807, 2.05) is 5.38 Å². The number of imidazole rings is 1. The van der Waals surface area contributed by atoms with Crippen LogP contribution in [0.25, 0.3) is 0 Å². The molecule has 1 aliphatic carbocycles. The van der Waals surface area contributed by atoms with Crippen LogP contribution in [0.5, 0.6) is 0 Å². The molecule has 6 nitrogen and oxygen atoms in total. The summed E-state index contributed by atoms with van der Waals surface area (Å²) in [5.41, 5.74) is 1.01. The molecule has 2 heterocycles. The van der Waals surface area contributed by atoms with E-state index >= 15 is 0 Å². The zero-order valence-corrected chi connectivity index (χ0v) is 13.3. The summed E-state index contributed by atoms with van der Waals surface area (Å²) in [4.78, 5) is 6.98. The third-order valence-corrected chi connectivity index (χ3v) is 6.36. The molecular weight excluding hydrogens is 308 g/mol. The third kappa shape index (κ3) is 3.70. The van der Waals surface area contributed by atoms with Crippen LogP contribution in [0.3, 0.4) is 0 Å². The molecule has 8 heteroatoms. The number of hydrogen-bond acceptors (Lipinski definition) is 5. The van der Waals surface area contributed by atoms with Gasteiger partial charge in [-0.15, -0.1) is 11.3 Å². The lowest BCUT2D eigenvalue weighted by atomic mass is 10.3. The number of hydrogen-bond donors (Lipinski definition) is 3. The van der Waals surface area contributed by atoms with Gasteiger partial charge in [-0.2, -0.15) is 0 Å². The molecule has 0 radical (unpaired) electrons. The van der Waals surface area contributed by atoms with Crippen molar-refractivity contribution in [2.45, 2.75) is 42.6 Å². The van der Waals surface area contributed by atoms with Crippen molar-refractivity contribution < 1.29 is 8.42 Å². The predicted octanol–water partition coefficient (Wildman–Crippen LogP) is 1.76. The topological polar surface area (TPSA) is 86.9 Å². The van der Waals surface area contributed by atoms with Crippen LogP contribution in [0.15, 0.2) is 28.0 Å². The Morgan fingerprint density at radius 2 is 2.33 bits per heavy atom. The first-order chi connectivity index (χ1) is 10.0. The molecule has 114 valence electrons. The van der Waals surface area contributed by atoms with Gasteiger partial charge in [-0.3, -0.25) is 0 Å². The molecule has 0 aliphatic heterocycles. The fraction of sp³-hybridized carbons (Fsp3) is 0.462. The summed E-state index contributed by atoms with van der Waals surface area (Å²) in [6, 6.07) is 1.96. The zero-order chi connectivity index (χ0) is 14.9. The molecule has 1 unspecified atom stereocenters. The Kier molecular flexibility index (Phi) is 4.12. The monoisotopic (exact) mass is 326 g/mol. The van der Waals surface area contributed by atoms with E-state index in [9.17, 15) is 8.42 Å². The van der Waals surface area contributed by atoms with Crippen molar-refractivity contribution in [1.29, 1.82) is 0 Å². The first kappa shape index (κ1) is 14.7. The molecule has 3 N–H and O–H groups in total. The molecule has 0 saturated heterocycles. The van der Waals surface area contributed by atoms with Crippen LogP contribution in [0.4, 0.5) is 0 Å². The van der Waals surface area contributed by atoms with Crippen molar-refractivity contribution in [3.05, 3.63) is 35.2 Å². The lowest BCUT2D eigenvalue weighted by Gasteiger charge is -2.10. The summed E-state index contributed by atoms with van der Waals surface area (Å²) >= 11 is 1.25. The zero-order valence-electron chi connectivity index (χ0n) is 11.7. The van der Waals surface area contributed by atoms with E-state index < -0.39 is 10.0 Å². The standard InChI is InChI=1S/C13H18N4O2S2/c1-9(13-14-4-5-15-13)17-21(18,19)12-6-10(8-20-12)7-16-11-2-3-11/h4-6,8-9,11,16-17H,2-3,7H2,1H3,(H,14,15). The minimum absolute atomic E-state index is 0.341. The Labute approximate surface area is 128 Å². The fourth-order valence-electron chi connectivity index (χ4n) is 2.00. The number of sulfonamides is 1. The van der Waals surface area contributed by atoms with Gasteiger partial charge in [0.25, 0.3) is 10.0 Å². The second-order valence-corrected chi connectivity index (χ2v) is 8.10. The molecule has 0 amide bonds. The molecule has 21 heavy (non-hydrogen) atoms. The van der Waals surface area contributed by atoms with Gasteiger partial charge in [0.05, 0.1) is 6.04 Å². The Hall–Kier alpha value is -1.22. The first-order valence-corrected chi connectivity index (χ1v) is 9.23. The molecule has 3 rings (SSSR count). The third-order valence-electron chi connectivity index (χ3n) is 3.33. The number of nitrogens with zero attached hydrogens (tertiary/aromatic N) is 1. The van der Waals surface area contributed by atoms with Crippen molar-refractivity contribution in [2.75, 3.05) is 0 Å². The van der Waals surface area contributed by atoms with Gasteiger partial charge in [-0.25, -0.2) is 18.1 Å². The second kappa shape index (κ2) is 5.88. The molecule has 2 aromatic rings. The van der Waals surface area contributed by atoms with Crippen LogP contribution < -0.4 is 10.0 Å². The summed E-state index contributed by atoms with van der Waals surface area (Å²) in [6.45, 7) is 2.49. The number of aromatic nitrogens is 2. The van der Waals surface area contributed by atoms with Gasteiger partial charge in [0.2, 0.25) is 0 Å². The molecule has 2 aromatic heterocycles. The predicted molar refractivity (Wildman–Crippen MR) is 81.5 cm³/mol. The number of aromatic amines is 1. The minimum atomic E-state index is -3.51. The van der Waals surface area contributed by atoms with Crippen LogP contribution in [-0.4, -0.2) is 24.4 Å². The number of nitrogens with one attached hydrogen (secondary N) is 3. The average Bonchev–Trinajstić information content (AvgIpc) is 2.96. The van der Waals surface area contributed by atoms with E-state index in [1.54, 1.807) is 25.4 Å². The Morgan fingerprint density at radius 1 is 1.52 bits per heavy atom. The van der Waals surface area contributed by atoms with Crippen LogP contribution in [0.1, 0.15) is 37.2 Å². The summed E-state index contributed by atoms with van der Waals surface area (Å²) < 4.78 is 27.7. The maximum atomic E-state index is 12.3. The van der Waals surface area contributed by atoms with E-state index in [2.05, 4.69) is 20.0 Å². The smallest absolute Gasteiger partial charge is 0.250 e. The van der Waals surface area contributed by atoms with Gasteiger partial charge >= 0.3 is 0 Å². The van der Waals surface area contributed by atoms with E-state index in [0.29, 0.717) is 16.1 Å². The largest absolute Gasteiger partial charge is 0.347 e. The SMILES string of the molecule is CC(NS(=O)(=O)c1cc(CNC2CC2)cs1)c1ncc[nH]1.